The number of carbonyl (C=O) groups excluding carboxylic acids is 3. The highest BCUT2D eigenvalue weighted by atomic mass is 16.6. The second-order valence-electron chi connectivity index (χ2n) is 8.44. The number of ether oxygens (including phenoxy) is 3. The van der Waals surface area contributed by atoms with Crippen LogP contribution in [-0.4, -0.2) is 52.6 Å². The maximum atomic E-state index is 12.7. The lowest BCUT2D eigenvalue weighted by Gasteiger charge is -2.23. The van der Waals surface area contributed by atoms with Crippen LogP contribution >= 0.6 is 0 Å². The summed E-state index contributed by atoms with van der Waals surface area (Å²) in [5, 5.41) is 21.7. The maximum absolute atomic E-state index is 12.7. The van der Waals surface area contributed by atoms with Crippen molar-refractivity contribution in [3.05, 3.63) is 59.7 Å². The summed E-state index contributed by atoms with van der Waals surface area (Å²) in [7, 11) is 0. The van der Waals surface area contributed by atoms with E-state index in [1.54, 1.807) is 58.0 Å². The molecule has 178 valence electrons. The fraction of sp³-hybridized carbons (Fsp3) is 0.375. The van der Waals surface area contributed by atoms with Crippen molar-refractivity contribution in [1.29, 1.82) is 0 Å². The van der Waals surface area contributed by atoms with Crippen molar-refractivity contribution in [3.63, 3.8) is 0 Å². The molecule has 0 saturated carbocycles. The van der Waals surface area contributed by atoms with E-state index in [1.807, 2.05) is 0 Å². The summed E-state index contributed by atoms with van der Waals surface area (Å²) in [5.41, 5.74) is 0.0503. The summed E-state index contributed by atoms with van der Waals surface area (Å²) in [4.78, 5) is 37.1. The number of nitrogens with one attached hydrogen (secondary N) is 1. The van der Waals surface area contributed by atoms with Gasteiger partial charge in [-0.2, -0.15) is 0 Å². The predicted molar refractivity (Wildman–Crippen MR) is 119 cm³/mol. The van der Waals surface area contributed by atoms with Crippen molar-refractivity contribution in [2.24, 2.45) is 0 Å². The van der Waals surface area contributed by atoms with E-state index < -0.39 is 35.8 Å². The van der Waals surface area contributed by atoms with E-state index in [4.69, 9.17) is 14.2 Å². The van der Waals surface area contributed by atoms with Gasteiger partial charge in [0.15, 0.2) is 11.5 Å². The lowest BCUT2D eigenvalue weighted by Crippen LogP contribution is -2.46. The number of phenols is 2. The first-order valence-electron chi connectivity index (χ1n) is 10.4. The summed E-state index contributed by atoms with van der Waals surface area (Å²) in [6.45, 7) is 6.38. The van der Waals surface area contributed by atoms with E-state index in [0.717, 1.165) is 0 Å². The molecule has 0 heterocycles. The van der Waals surface area contributed by atoms with Crippen molar-refractivity contribution in [1.82, 2.24) is 5.32 Å². The summed E-state index contributed by atoms with van der Waals surface area (Å²) in [6.07, 6.45) is -1.60. The number of hydrogen-bond donors (Lipinski definition) is 3. The minimum atomic E-state index is -1.15. The predicted octanol–water partition coefficient (Wildman–Crippen LogP) is 3.32. The molecule has 1 amide bonds. The Bertz CT molecular complexity index is 968. The smallest absolute Gasteiger partial charge is 0.408 e. The fourth-order valence-electron chi connectivity index (χ4n) is 2.73. The van der Waals surface area contributed by atoms with Gasteiger partial charge in [-0.1, -0.05) is 24.3 Å². The highest BCUT2D eigenvalue weighted by Crippen LogP contribution is 2.25. The lowest BCUT2D eigenvalue weighted by atomic mass is 10.1. The molecule has 0 aliphatic rings. The molecule has 9 nitrogen and oxygen atoms in total. The van der Waals surface area contributed by atoms with Crippen molar-refractivity contribution in [2.45, 2.75) is 51.9 Å². The molecule has 3 N–H and O–H groups in total. The quantitative estimate of drug-likeness (QED) is 0.311. The fourth-order valence-corrected chi connectivity index (χ4v) is 2.73. The molecule has 0 bridgehead atoms. The molecular formula is C24H29NO8. The van der Waals surface area contributed by atoms with Crippen molar-refractivity contribution >= 4 is 18.0 Å². The van der Waals surface area contributed by atoms with Gasteiger partial charge in [-0.15, -0.1) is 0 Å². The van der Waals surface area contributed by atoms with Crippen LogP contribution in [-0.2, 0) is 25.4 Å². The van der Waals surface area contributed by atoms with Crippen molar-refractivity contribution in [3.8, 4) is 11.5 Å². The van der Waals surface area contributed by atoms with Gasteiger partial charge in [-0.3, -0.25) is 0 Å². The Kier molecular flexibility index (Phi) is 8.67. The molecule has 2 aromatic rings. The van der Waals surface area contributed by atoms with Gasteiger partial charge in [-0.25, -0.2) is 14.4 Å². The van der Waals surface area contributed by atoms with E-state index in [9.17, 15) is 24.6 Å². The third-order valence-corrected chi connectivity index (χ3v) is 4.23. The van der Waals surface area contributed by atoms with Crippen LogP contribution in [0.3, 0.4) is 0 Å². The van der Waals surface area contributed by atoms with Crippen molar-refractivity contribution < 1.29 is 38.8 Å². The number of alkyl carbamates (subject to hydrolysis) is 1. The lowest BCUT2D eigenvalue weighted by molar-refractivity contribution is -0.149. The SMILES string of the molecule is C[C@H](COC(=O)C(Cc1ccc(O)c(O)c1)NC(=O)OC(C)(C)C)OC(=O)c1ccccc1. The van der Waals surface area contributed by atoms with E-state index >= 15 is 0 Å². The van der Waals surface area contributed by atoms with Crippen LogP contribution in [0.25, 0.3) is 0 Å². The molecule has 0 fully saturated rings. The van der Waals surface area contributed by atoms with Crippen molar-refractivity contribution in [2.75, 3.05) is 6.61 Å². The highest BCUT2D eigenvalue weighted by molar-refractivity contribution is 5.89. The number of benzene rings is 2. The highest BCUT2D eigenvalue weighted by Gasteiger charge is 2.27. The maximum Gasteiger partial charge on any atom is 0.408 e. The molecule has 9 heteroatoms. The minimum Gasteiger partial charge on any atom is -0.504 e. The molecule has 1 unspecified atom stereocenters. The molecule has 2 atom stereocenters. The largest absolute Gasteiger partial charge is 0.504 e. The Morgan fingerprint density at radius 2 is 1.67 bits per heavy atom. The average molecular weight is 459 g/mol. The molecular weight excluding hydrogens is 430 g/mol. The van der Waals surface area contributed by atoms with Gasteiger partial charge in [0.25, 0.3) is 0 Å². The van der Waals surface area contributed by atoms with Gasteiger partial charge in [-0.05, 0) is 57.5 Å². The third-order valence-electron chi connectivity index (χ3n) is 4.23. The molecule has 2 aromatic carbocycles. The Morgan fingerprint density at radius 1 is 1.00 bits per heavy atom. The first-order chi connectivity index (χ1) is 15.4. The zero-order chi connectivity index (χ0) is 24.6. The summed E-state index contributed by atoms with van der Waals surface area (Å²) in [5.74, 6) is -2.01. The van der Waals surface area contributed by atoms with E-state index in [1.165, 1.54) is 18.2 Å². The Hall–Kier alpha value is -3.75. The normalized spacial score (nSPS) is 12.8. The summed E-state index contributed by atoms with van der Waals surface area (Å²) < 4.78 is 15.7. The number of phenolic OH excluding ortho intramolecular Hbond substituents is 2. The van der Waals surface area contributed by atoms with Crippen LogP contribution < -0.4 is 5.32 Å². The molecule has 33 heavy (non-hydrogen) atoms. The van der Waals surface area contributed by atoms with E-state index in [-0.39, 0.29) is 24.5 Å². The minimum absolute atomic E-state index is 0.0376. The molecule has 0 aromatic heterocycles. The van der Waals surface area contributed by atoms with Gasteiger partial charge in [0.2, 0.25) is 0 Å². The molecule has 0 saturated heterocycles. The van der Waals surface area contributed by atoms with Crippen LogP contribution in [0.4, 0.5) is 4.79 Å². The number of hydrogen-bond acceptors (Lipinski definition) is 8. The zero-order valence-corrected chi connectivity index (χ0v) is 19.0. The topological polar surface area (TPSA) is 131 Å². The Labute approximate surface area is 192 Å². The Morgan fingerprint density at radius 3 is 2.27 bits per heavy atom. The van der Waals surface area contributed by atoms with Crippen LogP contribution in [0, 0.1) is 0 Å². The summed E-state index contributed by atoms with van der Waals surface area (Å²) in [6, 6.07) is 11.3. The van der Waals surface area contributed by atoms with E-state index in [0.29, 0.717) is 11.1 Å². The van der Waals surface area contributed by atoms with Crippen LogP contribution in [0.15, 0.2) is 48.5 Å². The van der Waals surface area contributed by atoms with Gasteiger partial charge in [0.05, 0.1) is 5.56 Å². The average Bonchev–Trinajstić information content (AvgIpc) is 2.73. The van der Waals surface area contributed by atoms with Gasteiger partial charge < -0.3 is 29.7 Å². The van der Waals surface area contributed by atoms with E-state index in [2.05, 4.69) is 5.32 Å². The number of carbonyl (C=O) groups is 3. The molecule has 2 rings (SSSR count). The third kappa shape index (κ3) is 8.72. The summed E-state index contributed by atoms with van der Waals surface area (Å²) >= 11 is 0. The number of amides is 1. The number of rotatable bonds is 8. The standard InChI is InChI=1S/C24H29NO8/c1-15(32-21(28)17-8-6-5-7-9-17)14-31-22(29)18(25-23(30)33-24(2,3)4)12-16-10-11-19(26)20(27)13-16/h5-11,13,15,18,26-27H,12,14H2,1-4H3,(H,25,30)/t15-,18?/m1/s1. The number of esters is 2. The first kappa shape index (κ1) is 25.5. The Balaban J connectivity index is 2.02. The van der Waals surface area contributed by atoms with Crippen LogP contribution in [0.1, 0.15) is 43.6 Å². The number of aromatic hydroxyl groups is 2. The second-order valence-corrected chi connectivity index (χ2v) is 8.44. The molecule has 0 aliphatic heterocycles. The zero-order valence-electron chi connectivity index (χ0n) is 19.0. The monoisotopic (exact) mass is 459 g/mol. The molecule has 0 aliphatic carbocycles. The molecule has 0 spiro atoms. The molecule has 0 radical (unpaired) electrons. The first-order valence-corrected chi connectivity index (χ1v) is 10.4. The second kappa shape index (κ2) is 11.2. The van der Waals surface area contributed by atoms with Gasteiger partial charge in [0.1, 0.15) is 24.4 Å². The van der Waals surface area contributed by atoms with Crippen LogP contribution in [0.2, 0.25) is 0 Å². The van der Waals surface area contributed by atoms with Gasteiger partial charge >= 0.3 is 18.0 Å². The van der Waals surface area contributed by atoms with Gasteiger partial charge in [0, 0.05) is 6.42 Å². The van der Waals surface area contributed by atoms with Crippen LogP contribution in [0.5, 0.6) is 11.5 Å².